The van der Waals surface area contributed by atoms with Gasteiger partial charge in [-0.15, -0.1) is 0 Å². The second-order valence-electron chi connectivity index (χ2n) is 3.80. The van der Waals surface area contributed by atoms with E-state index in [0.717, 1.165) is 11.6 Å². The van der Waals surface area contributed by atoms with Crippen LogP contribution in [0, 0.1) is 18.6 Å². The fraction of sp³-hybridized carbons (Fsp3) is 0.0769. The standard InChI is InChI=1S/C13H12F2N2/c1-8-7-9(5-6-11(8)16)17-12-4-2-3-10(14)13(12)15/h2-7,17H,16H2,1H3. The van der Waals surface area contributed by atoms with Crippen molar-refractivity contribution in [3.63, 3.8) is 0 Å². The summed E-state index contributed by atoms with van der Waals surface area (Å²) in [6.45, 7) is 1.85. The van der Waals surface area contributed by atoms with E-state index in [1.54, 1.807) is 18.2 Å². The fourth-order valence-corrected chi connectivity index (χ4v) is 1.51. The molecule has 17 heavy (non-hydrogen) atoms. The van der Waals surface area contributed by atoms with Gasteiger partial charge in [0.2, 0.25) is 0 Å². The molecule has 0 aliphatic heterocycles. The fourth-order valence-electron chi connectivity index (χ4n) is 1.51. The predicted molar refractivity (Wildman–Crippen MR) is 65.2 cm³/mol. The van der Waals surface area contributed by atoms with Crippen LogP contribution < -0.4 is 11.1 Å². The van der Waals surface area contributed by atoms with Crippen LogP contribution in [0.1, 0.15) is 5.56 Å². The van der Waals surface area contributed by atoms with E-state index in [0.29, 0.717) is 11.4 Å². The first kappa shape index (κ1) is 11.4. The molecule has 0 aromatic heterocycles. The molecule has 0 atom stereocenters. The number of nitrogen functional groups attached to an aromatic ring is 1. The van der Waals surface area contributed by atoms with Crippen LogP contribution in [0.2, 0.25) is 0 Å². The molecule has 88 valence electrons. The van der Waals surface area contributed by atoms with E-state index in [-0.39, 0.29) is 5.69 Å². The Kier molecular flexibility index (Phi) is 2.95. The summed E-state index contributed by atoms with van der Waals surface area (Å²) in [6, 6.07) is 9.21. The van der Waals surface area contributed by atoms with Crippen molar-refractivity contribution in [2.24, 2.45) is 0 Å². The molecule has 0 unspecified atom stereocenters. The number of rotatable bonds is 2. The summed E-state index contributed by atoms with van der Waals surface area (Å²) in [5.41, 5.74) is 7.99. The van der Waals surface area contributed by atoms with Gasteiger partial charge >= 0.3 is 0 Å². The van der Waals surface area contributed by atoms with Gasteiger partial charge in [-0.1, -0.05) is 6.07 Å². The molecule has 0 aliphatic rings. The van der Waals surface area contributed by atoms with E-state index in [4.69, 9.17) is 5.73 Å². The first-order valence-corrected chi connectivity index (χ1v) is 5.15. The molecule has 0 radical (unpaired) electrons. The number of hydrogen-bond acceptors (Lipinski definition) is 2. The molecular weight excluding hydrogens is 222 g/mol. The summed E-state index contributed by atoms with van der Waals surface area (Å²) in [5.74, 6) is -1.76. The van der Waals surface area contributed by atoms with Crippen molar-refractivity contribution in [3.8, 4) is 0 Å². The quantitative estimate of drug-likeness (QED) is 0.779. The normalized spacial score (nSPS) is 10.3. The number of nitrogens with one attached hydrogen (secondary N) is 1. The Hall–Kier alpha value is -2.10. The Morgan fingerprint density at radius 1 is 1.12 bits per heavy atom. The van der Waals surface area contributed by atoms with Gasteiger partial charge in [0.05, 0.1) is 5.69 Å². The largest absolute Gasteiger partial charge is 0.399 e. The molecule has 0 amide bonds. The maximum atomic E-state index is 13.4. The summed E-state index contributed by atoms with van der Waals surface area (Å²) >= 11 is 0. The molecule has 0 saturated carbocycles. The highest BCUT2D eigenvalue weighted by molar-refractivity contribution is 5.64. The molecule has 3 N–H and O–H groups in total. The average molecular weight is 234 g/mol. The third-order valence-electron chi connectivity index (χ3n) is 2.50. The van der Waals surface area contributed by atoms with Gasteiger partial charge in [-0.2, -0.15) is 0 Å². The number of halogens is 2. The molecular formula is C13H12F2N2. The molecule has 2 aromatic rings. The van der Waals surface area contributed by atoms with E-state index in [2.05, 4.69) is 5.32 Å². The maximum Gasteiger partial charge on any atom is 0.182 e. The monoisotopic (exact) mass is 234 g/mol. The lowest BCUT2D eigenvalue weighted by molar-refractivity contribution is 0.512. The zero-order chi connectivity index (χ0) is 12.4. The summed E-state index contributed by atoms with van der Waals surface area (Å²) in [4.78, 5) is 0. The Bertz CT molecular complexity index is 553. The summed E-state index contributed by atoms with van der Waals surface area (Å²) in [6.07, 6.45) is 0. The van der Waals surface area contributed by atoms with Crippen molar-refractivity contribution in [1.82, 2.24) is 0 Å². The maximum absolute atomic E-state index is 13.4. The molecule has 0 fully saturated rings. The summed E-state index contributed by atoms with van der Waals surface area (Å²) in [5, 5.41) is 2.81. The number of hydrogen-bond donors (Lipinski definition) is 2. The van der Waals surface area contributed by atoms with Crippen LogP contribution in [0.5, 0.6) is 0 Å². The Morgan fingerprint density at radius 3 is 2.59 bits per heavy atom. The molecule has 0 saturated heterocycles. The first-order chi connectivity index (χ1) is 8.08. The van der Waals surface area contributed by atoms with E-state index < -0.39 is 11.6 Å². The zero-order valence-corrected chi connectivity index (χ0v) is 9.30. The van der Waals surface area contributed by atoms with E-state index >= 15 is 0 Å². The van der Waals surface area contributed by atoms with Crippen LogP contribution >= 0.6 is 0 Å². The zero-order valence-electron chi connectivity index (χ0n) is 9.30. The van der Waals surface area contributed by atoms with Crippen molar-refractivity contribution < 1.29 is 8.78 Å². The van der Waals surface area contributed by atoms with Gasteiger partial charge in [-0.3, -0.25) is 0 Å². The predicted octanol–water partition coefficient (Wildman–Crippen LogP) is 3.60. The lowest BCUT2D eigenvalue weighted by Gasteiger charge is -2.09. The Balaban J connectivity index is 2.31. The molecule has 2 nitrogen and oxygen atoms in total. The van der Waals surface area contributed by atoms with Crippen LogP contribution in [-0.4, -0.2) is 0 Å². The van der Waals surface area contributed by atoms with Gasteiger partial charge in [0.1, 0.15) is 0 Å². The van der Waals surface area contributed by atoms with Crippen molar-refractivity contribution in [1.29, 1.82) is 0 Å². The van der Waals surface area contributed by atoms with Crippen molar-refractivity contribution in [2.45, 2.75) is 6.92 Å². The minimum Gasteiger partial charge on any atom is -0.399 e. The van der Waals surface area contributed by atoms with Gasteiger partial charge in [0.25, 0.3) is 0 Å². The Morgan fingerprint density at radius 2 is 1.88 bits per heavy atom. The highest BCUT2D eigenvalue weighted by Crippen LogP contribution is 2.23. The lowest BCUT2D eigenvalue weighted by atomic mass is 10.2. The number of anilines is 3. The van der Waals surface area contributed by atoms with Gasteiger partial charge in [0.15, 0.2) is 11.6 Å². The van der Waals surface area contributed by atoms with Crippen molar-refractivity contribution >= 4 is 17.1 Å². The minimum atomic E-state index is -0.887. The molecule has 0 spiro atoms. The second-order valence-corrected chi connectivity index (χ2v) is 3.80. The molecule has 0 aliphatic carbocycles. The van der Waals surface area contributed by atoms with Gasteiger partial charge in [-0.25, -0.2) is 8.78 Å². The molecule has 4 heteroatoms. The number of aryl methyl sites for hydroxylation is 1. The third-order valence-corrected chi connectivity index (χ3v) is 2.50. The number of nitrogens with two attached hydrogens (primary N) is 1. The van der Waals surface area contributed by atoms with E-state index in [9.17, 15) is 8.78 Å². The summed E-state index contributed by atoms with van der Waals surface area (Å²) in [7, 11) is 0. The second kappa shape index (κ2) is 4.41. The topological polar surface area (TPSA) is 38.0 Å². The van der Waals surface area contributed by atoms with Crippen LogP contribution in [0.3, 0.4) is 0 Å². The Labute approximate surface area is 98.1 Å². The minimum absolute atomic E-state index is 0.106. The van der Waals surface area contributed by atoms with Gasteiger partial charge < -0.3 is 11.1 Å². The van der Waals surface area contributed by atoms with Crippen LogP contribution in [0.15, 0.2) is 36.4 Å². The van der Waals surface area contributed by atoms with Crippen LogP contribution in [0.4, 0.5) is 25.8 Å². The van der Waals surface area contributed by atoms with Crippen molar-refractivity contribution in [2.75, 3.05) is 11.1 Å². The molecule has 0 heterocycles. The molecule has 0 bridgehead atoms. The van der Waals surface area contributed by atoms with Crippen molar-refractivity contribution in [3.05, 3.63) is 53.6 Å². The highest BCUT2D eigenvalue weighted by Gasteiger charge is 2.07. The smallest absolute Gasteiger partial charge is 0.182 e. The highest BCUT2D eigenvalue weighted by atomic mass is 19.2. The molecule has 2 aromatic carbocycles. The average Bonchev–Trinajstić information content (AvgIpc) is 2.30. The van der Waals surface area contributed by atoms with Crippen LogP contribution in [-0.2, 0) is 0 Å². The molecule has 2 rings (SSSR count). The number of benzene rings is 2. The lowest BCUT2D eigenvalue weighted by Crippen LogP contribution is -1.97. The summed E-state index contributed by atoms with van der Waals surface area (Å²) < 4.78 is 26.4. The van der Waals surface area contributed by atoms with Crippen LogP contribution in [0.25, 0.3) is 0 Å². The first-order valence-electron chi connectivity index (χ1n) is 5.15. The van der Waals surface area contributed by atoms with E-state index in [1.807, 2.05) is 6.92 Å². The van der Waals surface area contributed by atoms with Gasteiger partial charge in [0, 0.05) is 11.4 Å². The van der Waals surface area contributed by atoms with Gasteiger partial charge in [-0.05, 0) is 42.8 Å². The third kappa shape index (κ3) is 2.36. The van der Waals surface area contributed by atoms with E-state index in [1.165, 1.54) is 12.1 Å². The SMILES string of the molecule is Cc1cc(Nc2cccc(F)c2F)ccc1N.